The number of nitrogens with zero attached hydrogens (tertiary/aromatic N) is 2. The number of aromatic amines is 1. The van der Waals surface area contributed by atoms with E-state index in [1.807, 2.05) is 30.3 Å². The van der Waals surface area contributed by atoms with E-state index in [9.17, 15) is 4.79 Å². The highest BCUT2D eigenvalue weighted by Gasteiger charge is 2.12. The Bertz CT molecular complexity index is 883. The minimum atomic E-state index is -0.187. The maximum absolute atomic E-state index is 12.2. The summed E-state index contributed by atoms with van der Waals surface area (Å²) in [7, 11) is 3.11. The van der Waals surface area contributed by atoms with Gasteiger partial charge in [-0.05, 0) is 12.1 Å². The van der Waals surface area contributed by atoms with Crippen molar-refractivity contribution in [2.45, 2.75) is 5.16 Å². The van der Waals surface area contributed by atoms with Crippen molar-refractivity contribution in [2.24, 2.45) is 0 Å². The lowest BCUT2D eigenvalue weighted by Crippen LogP contribution is -2.15. The molecular formula is C18H18N4O3S. The van der Waals surface area contributed by atoms with E-state index in [1.54, 1.807) is 32.4 Å². The van der Waals surface area contributed by atoms with Gasteiger partial charge in [-0.1, -0.05) is 42.1 Å². The number of anilines is 1. The first-order valence-corrected chi connectivity index (χ1v) is 8.80. The summed E-state index contributed by atoms with van der Waals surface area (Å²) < 4.78 is 10.4. The van der Waals surface area contributed by atoms with Crippen molar-refractivity contribution in [1.29, 1.82) is 0 Å². The van der Waals surface area contributed by atoms with Gasteiger partial charge in [-0.3, -0.25) is 9.89 Å². The highest BCUT2D eigenvalue weighted by Crippen LogP contribution is 2.29. The normalized spacial score (nSPS) is 10.4. The Morgan fingerprint density at radius 2 is 1.96 bits per heavy atom. The average molecular weight is 370 g/mol. The molecule has 1 heterocycles. The number of carbonyl (C=O) groups is 1. The van der Waals surface area contributed by atoms with Crippen LogP contribution in [0.1, 0.15) is 0 Å². The van der Waals surface area contributed by atoms with Gasteiger partial charge >= 0.3 is 0 Å². The Kier molecular flexibility index (Phi) is 5.75. The molecule has 7 nitrogen and oxygen atoms in total. The second-order valence-electron chi connectivity index (χ2n) is 5.24. The zero-order valence-electron chi connectivity index (χ0n) is 14.4. The summed E-state index contributed by atoms with van der Waals surface area (Å²) in [5.74, 6) is 1.85. The molecule has 0 saturated heterocycles. The average Bonchev–Trinajstić information content (AvgIpc) is 3.16. The summed E-state index contributed by atoms with van der Waals surface area (Å²) in [6, 6.07) is 14.9. The van der Waals surface area contributed by atoms with Crippen LogP contribution in [-0.2, 0) is 4.79 Å². The van der Waals surface area contributed by atoms with Gasteiger partial charge in [0.2, 0.25) is 11.1 Å². The van der Waals surface area contributed by atoms with E-state index in [4.69, 9.17) is 9.47 Å². The van der Waals surface area contributed by atoms with Crippen LogP contribution in [0.4, 0.5) is 5.69 Å². The van der Waals surface area contributed by atoms with Crippen LogP contribution in [0.2, 0.25) is 0 Å². The van der Waals surface area contributed by atoms with Crippen molar-refractivity contribution in [2.75, 3.05) is 25.3 Å². The number of rotatable bonds is 7. The van der Waals surface area contributed by atoms with Crippen LogP contribution >= 0.6 is 11.8 Å². The molecular weight excluding hydrogens is 352 g/mol. The molecule has 0 atom stereocenters. The van der Waals surface area contributed by atoms with Crippen molar-refractivity contribution in [3.8, 4) is 22.9 Å². The number of hydrogen-bond donors (Lipinski definition) is 2. The molecule has 8 heteroatoms. The number of H-pyrrole nitrogens is 1. The molecule has 26 heavy (non-hydrogen) atoms. The SMILES string of the molecule is COc1ccc(OC)c(NC(=O)CSc2n[nH]c(-c3ccccc3)n2)c1. The predicted octanol–water partition coefficient (Wildman–Crippen LogP) is 3.22. The van der Waals surface area contributed by atoms with Gasteiger partial charge in [0.15, 0.2) is 5.82 Å². The molecule has 0 unspecified atom stereocenters. The molecule has 0 aliphatic heterocycles. The van der Waals surface area contributed by atoms with E-state index in [0.29, 0.717) is 28.2 Å². The Labute approximate surface area is 155 Å². The quantitative estimate of drug-likeness (QED) is 0.621. The van der Waals surface area contributed by atoms with Gasteiger partial charge in [-0.25, -0.2) is 4.98 Å². The van der Waals surface area contributed by atoms with Gasteiger partial charge in [0.25, 0.3) is 0 Å². The summed E-state index contributed by atoms with van der Waals surface area (Å²) in [6.45, 7) is 0. The third kappa shape index (κ3) is 4.34. The molecule has 0 aliphatic carbocycles. The maximum Gasteiger partial charge on any atom is 0.234 e. The monoisotopic (exact) mass is 370 g/mol. The topological polar surface area (TPSA) is 89.1 Å². The first-order chi connectivity index (χ1) is 12.7. The standard InChI is InChI=1S/C18H18N4O3S/c1-24-13-8-9-15(25-2)14(10-13)19-16(23)11-26-18-20-17(21-22-18)12-6-4-3-5-7-12/h3-10H,11H2,1-2H3,(H,19,23)(H,20,21,22). The summed E-state index contributed by atoms with van der Waals surface area (Å²) in [6.07, 6.45) is 0. The van der Waals surface area contributed by atoms with Gasteiger partial charge in [0, 0.05) is 11.6 Å². The molecule has 1 amide bonds. The van der Waals surface area contributed by atoms with Crippen LogP contribution in [0.3, 0.4) is 0 Å². The highest BCUT2D eigenvalue weighted by atomic mass is 32.2. The van der Waals surface area contributed by atoms with Gasteiger partial charge in [-0.15, -0.1) is 5.10 Å². The van der Waals surface area contributed by atoms with Gasteiger partial charge < -0.3 is 14.8 Å². The smallest absolute Gasteiger partial charge is 0.234 e. The van der Waals surface area contributed by atoms with Crippen LogP contribution in [0, 0.1) is 0 Å². The number of ether oxygens (including phenoxy) is 2. The summed E-state index contributed by atoms with van der Waals surface area (Å²) in [4.78, 5) is 16.6. The van der Waals surface area contributed by atoms with Gasteiger partial charge in [0.1, 0.15) is 11.5 Å². The number of methoxy groups -OCH3 is 2. The van der Waals surface area contributed by atoms with Gasteiger partial charge in [0.05, 0.1) is 25.7 Å². The van der Waals surface area contributed by atoms with Crippen LogP contribution in [0.15, 0.2) is 53.7 Å². The summed E-state index contributed by atoms with van der Waals surface area (Å²) in [5, 5.41) is 10.3. The van der Waals surface area contributed by atoms with E-state index in [1.165, 1.54) is 11.8 Å². The third-order valence-corrected chi connectivity index (χ3v) is 4.37. The van der Waals surface area contributed by atoms with E-state index in [-0.39, 0.29) is 11.7 Å². The van der Waals surface area contributed by atoms with Crippen molar-refractivity contribution in [3.05, 3.63) is 48.5 Å². The third-order valence-electron chi connectivity index (χ3n) is 3.53. The predicted molar refractivity (Wildman–Crippen MR) is 101 cm³/mol. The number of nitrogens with one attached hydrogen (secondary N) is 2. The highest BCUT2D eigenvalue weighted by molar-refractivity contribution is 7.99. The Balaban J connectivity index is 1.61. The molecule has 134 valence electrons. The fourth-order valence-electron chi connectivity index (χ4n) is 2.26. The van der Waals surface area contributed by atoms with E-state index < -0.39 is 0 Å². The first-order valence-electron chi connectivity index (χ1n) is 7.82. The molecule has 0 bridgehead atoms. The van der Waals surface area contributed by atoms with Crippen LogP contribution < -0.4 is 14.8 Å². The van der Waals surface area contributed by atoms with Crippen molar-refractivity contribution in [3.63, 3.8) is 0 Å². The van der Waals surface area contributed by atoms with E-state index in [0.717, 1.165) is 5.56 Å². The molecule has 3 rings (SSSR count). The number of benzene rings is 2. The molecule has 3 aromatic rings. The lowest BCUT2D eigenvalue weighted by molar-refractivity contribution is -0.113. The summed E-state index contributed by atoms with van der Waals surface area (Å²) in [5.41, 5.74) is 1.50. The Morgan fingerprint density at radius 1 is 1.15 bits per heavy atom. The zero-order chi connectivity index (χ0) is 18.4. The fourth-order valence-corrected chi connectivity index (χ4v) is 2.86. The number of amides is 1. The van der Waals surface area contributed by atoms with Crippen molar-refractivity contribution < 1.29 is 14.3 Å². The molecule has 2 aromatic carbocycles. The molecule has 2 N–H and O–H groups in total. The molecule has 0 spiro atoms. The van der Waals surface area contributed by atoms with Crippen molar-refractivity contribution >= 4 is 23.4 Å². The van der Waals surface area contributed by atoms with Crippen LogP contribution in [0.5, 0.6) is 11.5 Å². The summed E-state index contributed by atoms with van der Waals surface area (Å²) >= 11 is 1.25. The number of hydrogen-bond acceptors (Lipinski definition) is 6. The Hall–Kier alpha value is -3.00. The number of thioether (sulfide) groups is 1. The fraction of sp³-hybridized carbons (Fsp3) is 0.167. The second kappa shape index (κ2) is 8.39. The minimum absolute atomic E-state index is 0.173. The van der Waals surface area contributed by atoms with Gasteiger partial charge in [-0.2, -0.15) is 0 Å². The molecule has 0 saturated carbocycles. The molecule has 0 aliphatic rings. The lowest BCUT2D eigenvalue weighted by Gasteiger charge is -2.11. The van der Waals surface area contributed by atoms with Crippen LogP contribution in [-0.4, -0.2) is 41.1 Å². The Morgan fingerprint density at radius 3 is 2.69 bits per heavy atom. The maximum atomic E-state index is 12.2. The minimum Gasteiger partial charge on any atom is -0.497 e. The van der Waals surface area contributed by atoms with Crippen LogP contribution in [0.25, 0.3) is 11.4 Å². The number of carbonyl (C=O) groups excluding carboxylic acids is 1. The van der Waals surface area contributed by atoms with E-state index >= 15 is 0 Å². The van der Waals surface area contributed by atoms with Crippen molar-refractivity contribution in [1.82, 2.24) is 15.2 Å². The zero-order valence-corrected chi connectivity index (χ0v) is 15.2. The molecule has 0 fully saturated rings. The largest absolute Gasteiger partial charge is 0.497 e. The molecule has 0 radical (unpaired) electrons. The first kappa shape index (κ1) is 17.8. The number of aromatic nitrogens is 3. The molecule has 1 aromatic heterocycles. The second-order valence-corrected chi connectivity index (χ2v) is 6.18. The van der Waals surface area contributed by atoms with E-state index in [2.05, 4.69) is 20.5 Å². The lowest BCUT2D eigenvalue weighted by atomic mass is 10.2.